The maximum Gasteiger partial charge on any atom is 0.238 e. The predicted octanol–water partition coefficient (Wildman–Crippen LogP) is 4.03. The third-order valence-corrected chi connectivity index (χ3v) is 5.25. The molecule has 3 heterocycles. The fourth-order valence-electron chi connectivity index (χ4n) is 2.46. The first-order chi connectivity index (χ1) is 12.5. The van der Waals surface area contributed by atoms with Crippen LogP contribution in [-0.2, 0) is 4.79 Å². The number of rotatable bonds is 4. The molecule has 0 bridgehead atoms. The van der Waals surface area contributed by atoms with Crippen LogP contribution in [0.2, 0.25) is 10.0 Å². The number of carbonyl (C=O) groups excluding carboxylic acids is 1. The average molecular weight is 407 g/mol. The van der Waals surface area contributed by atoms with Crippen LogP contribution in [0.4, 0.5) is 5.82 Å². The molecule has 0 radical (unpaired) electrons. The Labute approximate surface area is 162 Å². The Balaban J connectivity index is 1.57. The molecule has 0 saturated carbocycles. The first kappa shape index (κ1) is 17.1. The number of aromatic amines is 1. The summed E-state index contributed by atoms with van der Waals surface area (Å²) in [4.78, 5) is 21.0. The fraction of sp³-hybridized carbons (Fsp3) is 0.125. The number of para-hydroxylation sites is 2. The van der Waals surface area contributed by atoms with Gasteiger partial charge in [0, 0.05) is 6.20 Å². The number of thioether (sulfide) groups is 1. The van der Waals surface area contributed by atoms with Gasteiger partial charge in [-0.3, -0.25) is 9.20 Å². The van der Waals surface area contributed by atoms with Crippen molar-refractivity contribution in [1.82, 2.24) is 24.6 Å². The van der Waals surface area contributed by atoms with Crippen molar-refractivity contribution < 1.29 is 4.79 Å². The first-order valence-electron chi connectivity index (χ1n) is 7.63. The summed E-state index contributed by atoms with van der Waals surface area (Å²) in [5.41, 5.74) is 1.78. The Hall–Kier alpha value is -2.29. The van der Waals surface area contributed by atoms with Crippen LogP contribution >= 0.6 is 35.0 Å². The van der Waals surface area contributed by atoms with Crippen molar-refractivity contribution in [2.24, 2.45) is 0 Å². The molecule has 132 valence electrons. The van der Waals surface area contributed by atoms with Gasteiger partial charge in [-0.15, -0.1) is 5.10 Å². The summed E-state index contributed by atoms with van der Waals surface area (Å²) in [6, 6.07) is 9.26. The summed E-state index contributed by atoms with van der Waals surface area (Å²) in [6.45, 7) is 1.78. The molecule has 1 aromatic carbocycles. The predicted molar refractivity (Wildman–Crippen MR) is 103 cm³/mol. The van der Waals surface area contributed by atoms with Crippen LogP contribution in [0.5, 0.6) is 0 Å². The van der Waals surface area contributed by atoms with Crippen molar-refractivity contribution in [1.29, 1.82) is 0 Å². The molecule has 0 aliphatic carbocycles. The number of H-pyrrole nitrogens is 1. The maximum atomic E-state index is 12.5. The molecule has 10 heteroatoms. The molecule has 7 nitrogen and oxygen atoms in total. The lowest BCUT2D eigenvalue weighted by molar-refractivity contribution is -0.115. The molecule has 0 saturated heterocycles. The number of halogens is 2. The van der Waals surface area contributed by atoms with E-state index in [0.717, 1.165) is 11.0 Å². The summed E-state index contributed by atoms with van der Waals surface area (Å²) >= 11 is 13.2. The highest BCUT2D eigenvalue weighted by Gasteiger charge is 2.20. The number of nitrogens with one attached hydrogen (secondary N) is 2. The maximum absolute atomic E-state index is 12.5. The summed E-state index contributed by atoms with van der Waals surface area (Å²) in [6.07, 6.45) is 1.43. The van der Waals surface area contributed by atoms with E-state index in [2.05, 4.69) is 25.5 Å². The van der Waals surface area contributed by atoms with Crippen LogP contribution in [0.25, 0.3) is 16.8 Å². The summed E-state index contributed by atoms with van der Waals surface area (Å²) < 4.78 is 1.89. The van der Waals surface area contributed by atoms with Crippen molar-refractivity contribution in [2.75, 3.05) is 5.32 Å². The minimum atomic E-state index is -0.434. The second-order valence-corrected chi connectivity index (χ2v) is 7.65. The number of carbonyl (C=O) groups is 1. The normalized spacial score (nSPS) is 12.6. The number of hydrogen-bond donors (Lipinski definition) is 2. The molecular formula is C16H12Cl2N6OS. The van der Waals surface area contributed by atoms with Gasteiger partial charge in [0.2, 0.25) is 11.7 Å². The average Bonchev–Trinajstić information content (AvgIpc) is 3.17. The lowest BCUT2D eigenvalue weighted by Crippen LogP contribution is -2.23. The van der Waals surface area contributed by atoms with Gasteiger partial charge in [0.05, 0.1) is 26.3 Å². The molecule has 0 fully saturated rings. The molecule has 0 aliphatic heterocycles. The molecule has 4 rings (SSSR count). The van der Waals surface area contributed by atoms with Crippen LogP contribution in [0.3, 0.4) is 0 Å². The fourth-order valence-corrected chi connectivity index (χ4v) is 3.76. The smallest absolute Gasteiger partial charge is 0.238 e. The van der Waals surface area contributed by atoms with Crippen LogP contribution < -0.4 is 5.32 Å². The Morgan fingerprint density at radius 3 is 2.96 bits per heavy atom. The molecule has 2 N–H and O–H groups in total. The summed E-state index contributed by atoms with van der Waals surface area (Å²) in [5.74, 6) is 0.657. The number of amides is 1. The Kier molecular flexibility index (Phi) is 4.47. The molecule has 0 unspecified atom stereocenters. The van der Waals surface area contributed by atoms with Gasteiger partial charge in [-0.1, -0.05) is 47.1 Å². The molecule has 26 heavy (non-hydrogen) atoms. The Bertz CT molecular complexity index is 1120. The lowest BCUT2D eigenvalue weighted by atomic mass is 10.3. The molecule has 1 atom stereocenters. The van der Waals surface area contributed by atoms with Crippen molar-refractivity contribution in [3.05, 3.63) is 46.6 Å². The monoisotopic (exact) mass is 406 g/mol. The van der Waals surface area contributed by atoms with Crippen molar-refractivity contribution >= 4 is 63.5 Å². The van der Waals surface area contributed by atoms with E-state index in [4.69, 9.17) is 23.2 Å². The minimum Gasteiger partial charge on any atom is -0.308 e. The van der Waals surface area contributed by atoms with E-state index in [0.29, 0.717) is 16.0 Å². The number of hydrogen-bond acceptors (Lipinski definition) is 5. The van der Waals surface area contributed by atoms with Gasteiger partial charge >= 0.3 is 0 Å². The Morgan fingerprint density at radius 2 is 2.15 bits per heavy atom. The number of fused-ring (bicyclic) bond motifs is 3. The number of aromatic nitrogens is 5. The van der Waals surface area contributed by atoms with Crippen molar-refractivity contribution in [3.63, 3.8) is 0 Å². The van der Waals surface area contributed by atoms with E-state index in [9.17, 15) is 4.79 Å². The minimum absolute atomic E-state index is 0.243. The number of pyridine rings is 1. The molecule has 0 spiro atoms. The van der Waals surface area contributed by atoms with E-state index < -0.39 is 5.25 Å². The van der Waals surface area contributed by atoms with E-state index in [-0.39, 0.29) is 16.7 Å². The van der Waals surface area contributed by atoms with E-state index in [1.807, 2.05) is 28.7 Å². The zero-order chi connectivity index (χ0) is 18.3. The van der Waals surface area contributed by atoms with Crippen molar-refractivity contribution in [2.45, 2.75) is 17.3 Å². The second-order valence-electron chi connectivity index (χ2n) is 5.50. The van der Waals surface area contributed by atoms with E-state index in [1.54, 1.807) is 6.92 Å². The zero-order valence-corrected chi connectivity index (χ0v) is 15.7. The first-order valence-corrected chi connectivity index (χ1v) is 9.26. The van der Waals surface area contributed by atoms with Gasteiger partial charge < -0.3 is 5.32 Å². The number of imidazole rings is 1. The van der Waals surface area contributed by atoms with Crippen LogP contribution in [0.1, 0.15) is 6.92 Å². The zero-order valence-electron chi connectivity index (χ0n) is 13.4. The number of anilines is 1. The van der Waals surface area contributed by atoms with Gasteiger partial charge in [-0.25, -0.2) is 15.1 Å². The van der Waals surface area contributed by atoms with Gasteiger partial charge in [-0.05, 0) is 25.1 Å². The third kappa shape index (κ3) is 3.11. The quantitative estimate of drug-likeness (QED) is 0.499. The van der Waals surface area contributed by atoms with Gasteiger partial charge in [0.15, 0.2) is 11.0 Å². The lowest BCUT2D eigenvalue weighted by Gasteiger charge is -2.11. The van der Waals surface area contributed by atoms with E-state index in [1.165, 1.54) is 24.0 Å². The highest BCUT2D eigenvalue weighted by Crippen LogP contribution is 2.28. The molecule has 0 aliphatic rings. The van der Waals surface area contributed by atoms with Gasteiger partial charge in [0.25, 0.3) is 0 Å². The van der Waals surface area contributed by atoms with Crippen molar-refractivity contribution in [3.8, 4) is 0 Å². The molecule has 3 aromatic heterocycles. The number of benzene rings is 1. The SMILES string of the molecule is C[C@@H](Sc1n[nH]c2nc3ccccc3n12)C(=O)Nc1ncc(Cl)cc1Cl. The van der Waals surface area contributed by atoms with Crippen LogP contribution in [0.15, 0.2) is 41.7 Å². The summed E-state index contributed by atoms with van der Waals surface area (Å²) in [7, 11) is 0. The third-order valence-electron chi connectivity index (χ3n) is 3.70. The van der Waals surface area contributed by atoms with Crippen LogP contribution in [-0.4, -0.2) is 35.7 Å². The highest BCUT2D eigenvalue weighted by molar-refractivity contribution is 8.00. The van der Waals surface area contributed by atoms with Gasteiger partial charge in [0.1, 0.15) is 0 Å². The Morgan fingerprint density at radius 1 is 1.35 bits per heavy atom. The van der Waals surface area contributed by atoms with E-state index >= 15 is 0 Å². The van der Waals surface area contributed by atoms with Crippen LogP contribution in [0, 0.1) is 0 Å². The summed E-state index contributed by atoms with van der Waals surface area (Å²) in [5, 5.41) is 10.8. The van der Waals surface area contributed by atoms with Gasteiger partial charge in [-0.2, -0.15) is 0 Å². The highest BCUT2D eigenvalue weighted by atomic mass is 35.5. The second kappa shape index (κ2) is 6.79. The molecule has 4 aromatic rings. The largest absolute Gasteiger partial charge is 0.308 e. The standard InChI is InChI=1S/C16H12Cl2N6OS/c1-8(14(25)21-13-10(18)6-9(17)7-19-13)26-16-23-22-15-20-11-4-2-3-5-12(11)24(15)16/h2-8H,1H3,(H,20,22)(H,19,21,25)/t8-/m1/s1. The number of nitrogens with zero attached hydrogens (tertiary/aromatic N) is 4. The topological polar surface area (TPSA) is 88.0 Å². The molecular weight excluding hydrogens is 395 g/mol. The molecule has 1 amide bonds.